The first-order chi connectivity index (χ1) is 23.3. The number of rotatable bonds is 7. The van der Waals surface area contributed by atoms with Gasteiger partial charge in [0.1, 0.15) is 24.2 Å². The Bertz CT molecular complexity index is 1920. The van der Waals surface area contributed by atoms with Crippen molar-refractivity contribution in [3.8, 4) is 16.9 Å². The van der Waals surface area contributed by atoms with Gasteiger partial charge in [-0.15, -0.1) is 0 Å². The zero-order valence-electron chi connectivity index (χ0n) is 29.5. The zero-order chi connectivity index (χ0) is 34.8. The molecule has 3 atom stereocenters. The van der Waals surface area contributed by atoms with E-state index in [4.69, 9.17) is 28.5 Å². The third-order valence-corrected chi connectivity index (χ3v) is 10.7. The number of imidazole rings is 1. The first-order valence-electron chi connectivity index (χ1n) is 17.0. The third-order valence-electron chi connectivity index (χ3n) is 10.7. The van der Waals surface area contributed by atoms with E-state index in [1.807, 2.05) is 24.8 Å². The summed E-state index contributed by atoms with van der Waals surface area (Å²) < 4.78 is 29.3. The van der Waals surface area contributed by atoms with Crippen LogP contribution in [0, 0.1) is 11.8 Å². The number of H-pyrrole nitrogens is 1. The maximum atomic E-state index is 14.0. The van der Waals surface area contributed by atoms with Crippen LogP contribution >= 0.6 is 0 Å². The number of nitrogens with one attached hydrogen (secondary N) is 2. The number of fused-ring (bicyclic) bond motifs is 6. The van der Waals surface area contributed by atoms with Gasteiger partial charge in [-0.25, -0.2) is 9.78 Å². The second kappa shape index (κ2) is 12.3. The fourth-order valence-electron chi connectivity index (χ4n) is 7.27. The molecule has 3 aliphatic rings. The topological polar surface area (TPSA) is 124 Å². The van der Waals surface area contributed by atoms with Crippen molar-refractivity contribution in [2.24, 2.45) is 11.8 Å². The molecule has 3 aromatic carbocycles. The number of carbonyl (C=O) groups is 2. The van der Waals surface area contributed by atoms with E-state index in [0.29, 0.717) is 32.0 Å². The van der Waals surface area contributed by atoms with E-state index in [1.54, 1.807) is 7.11 Å². The fraction of sp³-hybridized carbons (Fsp3) is 0.486. The van der Waals surface area contributed by atoms with Crippen molar-refractivity contribution in [2.45, 2.75) is 77.9 Å². The molecule has 2 fully saturated rings. The van der Waals surface area contributed by atoms with Gasteiger partial charge in [0.25, 0.3) is 0 Å². The number of carbonyl (C=O) groups excluding carboxylic acids is 2. The lowest BCUT2D eigenvalue weighted by molar-refractivity contribution is -0.135. The van der Waals surface area contributed by atoms with E-state index in [2.05, 4.69) is 74.4 Å². The Hall–Kier alpha value is -4.13. The number of nitrogens with zero attached hydrogens (tertiary/aromatic N) is 2. The van der Waals surface area contributed by atoms with Crippen LogP contribution in [0.5, 0.6) is 5.75 Å². The summed E-state index contributed by atoms with van der Waals surface area (Å²) in [7, 11) is 2.53. The van der Waals surface area contributed by atoms with Gasteiger partial charge >= 0.3 is 13.2 Å². The molecule has 4 aromatic rings. The highest BCUT2D eigenvalue weighted by molar-refractivity contribution is 6.62. The quantitative estimate of drug-likeness (QED) is 0.248. The Morgan fingerprint density at radius 1 is 1.06 bits per heavy atom. The Labute approximate surface area is 287 Å². The Balaban J connectivity index is 1.21. The van der Waals surface area contributed by atoms with E-state index in [1.165, 1.54) is 7.11 Å². The van der Waals surface area contributed by atoms with Crippen LogP contribution in [-0.2, 0) is 30.2 Å². The Morgan fingerprint density at radius 3 is 2.51 bits per heavy atom. The predicted octanol–water partition coefficient (Wildman–Crippen LogP) is 5.49. The highest BCUT2D eigenvalue weighted by atomic mass is 16.7. The highest BCUT2D eigenvalue weighted by Crippen LogP contribution is 2.43. The van der Waals surface area contributed by atoms with Gasteiger partial charge in [0.05, 0.1) is 42.0 Å². The number of alkyl carbamates (subject to hydrolysis) is 1. The maximum Gasteiger partial charge on any atom is 0.494 e. The van der Waals surface area contributed by atoms with Gasteiger partial charge in [-0.3, -0.25) is 4.79 Å². The molecule has 3 aliphatic heterocycles. The number of hydrogen-bond donors (Lipinski definition) is 2. The standard InChI is InChI=1S/C37H45BN4O7/c1-20(2)31(41-35(44)46-8)34(43)42-17-21(18-45-7)13-29(42)33-39-28-12-9-22-15-27-25-11-10-24(38-48-36(3,4)37(5,6)49-38)14-23(25)19-47-30(27)16-26(22)32(28)40-33/h9-12,14-16,20-21,29,31H,13,17-19H2,1-8H3,(H,39,40)(H,41,44)/t21-,29-,31-/m0/s1. The van der Waals surface area contributed by atoms with Gasteiger partial charge in [0.2, 0.25) is 5.91 Å². The first-order valence-corrected chi connectivity index (χ1v) is 17.0. The number of aromatic amines is 1. The molecule has 7 rings (SSSR count). The van der Waals surface area contributed by atoms with Crippen molar-refractivity contribution in [3.63, 3.8) is 0 Å². The van der Waals surface area contributed by atoms with E-state index in [9.17, 15) is 9.59 Å². The Kier molecular flexibility index (Phi) is 8.40. The van der Waals surface area contributed by atoms with Crippen molar-refractivity contribution in [1.82, 2.24) is 20.2 Å². The van der Waals surface area contributed by atoms with Crippen LogP contribution in [0.25, 0.3) is 32.9 Å². The largest absolute Gasteiger partial charge is 0.494 e. The van der Waals surface area contributed by atoms with Crippen LogP contribution in [0.15, 0.2) is 42.5 Å². The fourth-order valence-corrected chi connectivity index (χ4v) is 7.27. The maximum absolute atomic E-state index is 14.0. The van der Waals surface area contributed by atoms with Gasteiger partial charge in [-0.1, -0.05) is 38.1 Å². The monoisotopic (exact) mass is 668 g/mol. The SMILES string of the molecule is COC[C@H]1C[C@@H](c2nc3c(ccc4cc5c(cc43)OCc3cc(B4OC(C)(C)C(C)(C)O4)ccc3-5)[nH]2)N(C(=O)[C@@H](NC(=O)OC)C(C)C)C1. The molecule has 0 unspecified atom stereocenters. The van der Waals surface area contributed by atoms with E-state index in [-0.39, 0.29) is 23.8 Å². The number of likely N-dealkylation sites (tertiary alicyclic amines) is 1. The summed E-state index contributed by atoms with van der Waals surface area (Å²) in [6, 6.07) is 13.7. The second-order valence-electron chi connectivity index (χ2n) is 14.9. The van der Waals surface area contributed by atoms with Crippen molar-refractivity contribution < 1.29 is 33.1 Å². The molecular formula is C37H45BN4O7. The van der Waals surface area contributed by atoms with Crippen LogP contribution in [0.2, 0.25) is 0 Å². The molecule has 4 heterocycles. The molecule has 11 nitrogen and oxygen atoms in total. The third kappa shape index (κ3) is 5.83. The smallest absolute Gasteiger partial charge is 0.488 e. The van der Waals surface area contributed by atoms with E-state index in [0.717, 1.165) is 49.7 Å². The number of amides is 2. The summed E-state index contributed by atoms with van der Waals surface area (Å²) in [6.07, 6.45) is 0.0498. The summed E-state index contributed by atoms with van der Waals surface area (Å²) in [5.74, 6) is 1.32. The molecule has 12 heteroatoms. The first kappa shape index (κ1) is 33.4. The molecule has 0 bridgehead atoms. The van der Waals surface area contributed by atoms with E-state index >= 15 is 0 Å². The molecule has 2 amide bonds. The normalized spacial score (nSPS) is 21.5. The van der Waals surface area contributed by atoms with Crippen molar-refractivity contribution in [3.05, 3.63) is 53.9 Å². The zero-order valence-corrected chi connectivity index (χ0v) is 29.5. The van der Waals surface area contributed by atoms with Gasteiger partial charge in [0.15, 0.2) is 0 Å². The molecular weight excluding hydrogens is 623 g/mol. The molecule has 2 saturated heterocycles. The molecule has 2 N–H and O–H groups in total. The minimum absolute atomic E-state index is 0.126. The van der Waals surface area contributed by atoms with Gasteiger partial charge in [-0.2, -0.15) is 0 Å². The summed E-state index contributed by atoms with van der Waals surface area (Å²) in [4.78, 5) is 36.5. The van der Waals surface area contributed by atoms with Crippen LogP contribution in [-0.4, -0.2) is 78.6 Å². The van der Waals surface area contributed by atoms with Crippen molar-refractivity contribution in [1.29, 1.82) is 0 Å². The van der Waals surface area contributed by atoms with Crippen LogP contribution in [0.3, 0.4) is 0 Å². The minimum Gasteiger partial charge on any atom is -0.488 e. The Morgan fingerprint density at radius 2 is 1.82 bits per heavy atom. The molecule has 49 heavy (non-hydrogen) atoms. The van der Waals surface area contributed by atoms with Crippen LogP contribution in [0.4, 0.5) is 4.79 Å². The number of ether oxygens (including phenoxy) is 3. The van der Waals surface area contributed by atoms with Crippen molar-refractivity contribution >= 4 is 46.4 Å². The average molecular weight is 669 g/mol. The summed E-state index contributed by atoms with van der Waals surface area (Å²) in [6.45, 7) is 13.5. The minimum atomic E-state index is -0.735. The number of aromatic nitrogens is 2. The number of methoxy groups -OCH3 is 2. The van der Waals surface area contributed by atoms with Gasteiger partial charge < -0.3 is 38.7 Å². The molecule has 0 aliphatic carbocycles. The number of hydrogen-bond acceptors (Lipinski definition) is 8. The molecule has 1 aromatic heterocycles. The predicted molar refractivity (Wildman–Crippen MR) is 188 cm³/mol. The van der Waals surface area contributed by atoms with Gasteiger partial charge in [0, 0.05) is 30.5 Å². The van der Waals surface area contributed by atoms with Gasteiger partial charge in [-0.05, 0) is 80.2 Å². The molecule has 0 saturated carbocycles. The number of benzene rings is 3. The molecule has 258 valence electrons. The van der Waals surface area contributed by atoms with E-state index < -0.39 is 30.5 Å². The summed E-state index contributed by atoms with van der Waals surface area (Å²) in [5.41, 5.74) is 5.07. The van der Waals surface area contributed by atoms with Crippen LogP contribution < -0.4 is 15.5 Å². The average Bonchev–Trinajstić information content (AvgIpc) is 3.75. The summed E-state index contributed by atoms with van der Waals surface area (Å²) in [5, 5.41) is 4.73. The lowest BCUT2D eigenvalue weighted by atomic mass is 9.77. The van der Waals surface area contributed by atoms with Crippen LogP contribution in [0.1, 0.15) is 65.4 Å². The molecule has 0 radical (unpaired) electrons. The lowest BCUT2D eigenvalue weighted by Crippen LogP contribution is -2.51. The highest BCUT2D eigenvalue weighted by Gasteiger charge is 2.52. The lowest BCUT2D eigenvalue weighted by Gasteiger charge is -2.32. The second-order valence-corrected chi connectivity index (χ2v) is 14.9. The van der Waals surface area contributed by atoms with Crippen molar-refractivity contribution in [2.75, 3.05) is 27.4 Å². The summed E-state index contributed by atoms with van der Waals surface area (Å²) >= 11 is 0. The molecule has 0 spiro atoms.